The summed E-state index contributed by atoms with van der Waals surface area (Å²) in [5, 5.41) is 24.4. The number of aliphatic hydroxyl groups is 2. The number of carbonyl (C=O) groups is 2. The number of hydrogen-bond donors (Lipinski definition) is 4. The van der Waals surface area contributed by atoms with Crippen LogP contribution in [0.2, 0.25) is 0 Å². The van der Waals surface area contributed by atoms with Crippen molar-refractivity contribution in [1.29, 1.82) is 0 Å². The molecule has 4 aromatic carbocycles. The largest absolute Gasteiger partial charge is 0.494 e. The van der Waals surface area contributed by atoms with Gasteiger partial charge in [0.2, 0.25) is 5.79 Å². The van der Waals surface area contributed by atoms with Crippen LogP contribution in [0.3, 0.4) is 0 Å². The topological polar surface area (TPSA) is 145 Å². The second-order valence-corrected chi connectivity index (χ2v) is 20.4. The Morgan fingerprint density at radius 1 is 0.537 bits per heavy atom. The summed E-state index contributed by atoms with van der Waals surface area (Å²) in [6.07, 6.45) is 19.9. The van der Waals surface area contributed by atoms with Gasteiger partial charge in [-0.2, -0.15) is 0 Å². The Bertz CT molecular complexity index is 2000. The third kappa shape index (κ3) is 15.7. The fraction of sp³-hybridized carbons (Fsp3) is 0.559. The van der Waals surface area contributed by atoms with Crippen LogP contribution in [0.4, 0.5) is 11.4 Å². The Morgan fingerprint density at radius 2 is 0.940 bits per heavy atom. The normalized spacial score (nSPS) is 18.9. The molecule has 0 bridgehead atoms. The van der Waals surface area contributed by atoms with Gasteiger partial charge in [-0.3, -0.25) is 9.59 Å². The van der Waals surface area contributed by atoms with Gasteiger partial charge in [-0.05, 0) is 197 Å². The quantitative estimate of drug-likeness (QED) is 0.0250. The fourth-order valence-corrected chi connectivity index (χ4v) is 11.1. The van der Waals surface area contributed by atoms with Crippen molar-refractivity contribution in [1.82, 2.24) is 0 Å². The van der Waals surface area contributed by atoms with Gasteiger partial charge in [0.15, 0.2) is 5.78 Å². The number of carbonyl (C=O) groups excluding carboxylic acids is 2. The number of rotatable bonds is 28. The van der Waals surface area contributed by atoms with Crippen molar-refractivity contribution < 1.29 is 29.3 Å². The number of hydrogen-bond acceptors (Lipinski definition) is 8. The van der Waals surface area contributed by atoms with Gasteiger partial charge in [-0.1, -0.05) is 88.1 Å². The van der Waals surface area contributed by atoms with Crippen molar-refractivity contribution in [3.8, 4) is 11.5 Å². The molecule has 0 atom stereocenters. The molecule has 4 aromatic rings. The third-order valence-electron chi connectivity index (χ3n) is 15.2. The Balaban J connectivity index is 1.01. The Labute approximate surface area is 402 Å². The third-order valence-corrected chi connectivity index (χ3v) is 15.2. The molecule has 2 aliphatic carbocycles. The summed E-state index contributed by atoms with van der Waals surface area (Å²) in [6, 6.07) is 31.5. The molecule has 0 aromatic heterocycles. The van der Waals surface area contributed by atoms with Gasteiger partial charge in [0, 0.05) is 36.1 Å². The Kier molecular flexibility index (Phi) is 20.2. The molecule has 8 nitrogen and oxygen atoms in total. The first-order valence-corrected chi connectivity index (χ1v) is 26.1. The lowest BCUT2D eigenvalue weighted by molar-refractivity contribution is -0.234. The standard InChI is InChI=1S/C59H82N2O6/c1-3-11-44-15-23-48(24-16-44)50-27-35-55(36-28-50)66-39-9-5-7-13-54(62)43-58(41-46-19-31-52(60)32-20-46,42-47-21-33-53(61)34-22-47)59(64,65)57(63)14-8-6-10-40-67-56-37-29-51(30-38-56)49-25-17-45(12-4-2)18-26-49/h19-22,27-38,44-45,48-49,64-65H,3-18,23-26,39-43,60-61H2,1-2H3. The molecule has 2 fully saturated rings. The van der Waals surface area contributed by atoms with E-state index in [1.807, 2.05) is 24.3 Å². The molecule has 2 saturated carbocycles. The lowest BCUT2D eigenvalue weighted by Gasteiger charge is -2.43. The van der Waals surface area contributed by atoms with Crippen molar-refractivity contribution >= 4 is 22.9 Å². The number of ether oxygens (including phenoxy) is 2. The van der Waals surface area contributed by atoms with Crippen molar-refractivity contribution in [3.05, 3.63) is 119 Å². The van der Waals surface area contributed by atoms with Crippen LogP contribution < -0.4 is 20.9 Å². The second kappa shape index (κ2) is 26.2. The number of Topliss-reactive ketones (excluding diaryl/α,β-unsaturated/α-hetero) is 2. The highest BCUT2D eigenvalue weighted by atomic mass is 16.5. The summed E-state index contributed by atoms with van der Waals surface area (Å²) in [5.41, 5.74) is 16.0. The predicted molar refractivity (Wildman–Crippen MR) is 273 cm³/mol. The van der Waals surface area contributed by atoms with Crippen LogP contribution in [-0.2, 0) is 22.4 Å². The van der Waals surface area contributed by atoms with Crippen LogP contribution in [0.1, 0.15) is 183 Å². The minimum atomic E-state index is -2.79. The predicted octanol–water partition coefficient (Wildman–Crippen LogP) is 13.3. The maximum atomic E-state index is 14.1. The molecule has 2 aliphatic rings. The number of ketones is 2. The fourth-order valence-electron chi connectivity index (χ4n) is 11.1. The summed E-state index contributed by atoms with van der Waals surface area (Å²) in [6.45, 7) is 5.62. The van der Waals surface area contributed by atoms with Gasteiger partial charge in [-0.25, -0.2) is 0 Å². The molecule has 364 valence electrons. The van der Waals surface area contributed by atoms with Crippen molar-refractivity contribution in [3.63, 3.8) is 0 Å². The molecule has 0 heterocycles. The van der Waals surface area contributed by atoms with Gasteiger partial charge in [0.1, 0.15) is 17.3 Å². The minimum absolute atomic E-state index is 0.0373. The van der Waals surface area contributed by atoms with Crippen LogP contribution in [0.5, 0.6) is 11.5 Å². The molecule has 0 amide bonds. The molecule has 0 radical (unpaired) electrons. The van der Waals surface area contributed by atoms with Crippen LogP contribution in [0.25, 0.3) is 0 Å². The number of nitrogen functional groups attached to an aromatic ring is 2. The van der Waals surface area contributed by atoms with Gasteiger partial charge in [0.05, 0.1) is 13.2 Å². The molecular weight excluding hydrogens is 833 g/mol. The first kappa shape index (κ1) is 51.7. The highest BCUT2D eigenvalue weighted by Gasteiger charge is 2.54. The lowest BCUT2D eigenvalue weighted by atomic mass is 9.65. The number of benzene rings is 4. The molecule has 0 unspecified atom stereocenters. The van der Waals surface area contributed by atoms with Gasteiger partial charge in [-0.15, -0.1) is 0 Å². The molecule has 8 heteroatoms. The number of unbranched alkanes of at least 4 members (excludes halogenated alkanes) is 4. The average molecular weight is 915 g/mol. The number of nitrogens with two attached hydrogens (primary N) is 2. The van der Waals surface area contributed by atoms with E-state index in [4.69, 9.17) is 20.9 Å². The molecule has 0 spiro atoms. The molecular formula is C59H82N2O6. The van der Waals surface area contributed by atoms with Crippen molar-refractivity contribution in [2.45, 2.75) is 179 Å². The van der Waals surface area contributed by atoms with Crippen LogP contribution >= 0.6 is 0 Å². The SMILES string of the molecule is CCCC1CCC(c2ccc(OCCCCCC(=O)CC(Cc3ccc(N)cc3)(Cc3ccc(N)cc3)C(O)(O)C(=O)CCCCCOc3ccc(C4CCC(CCC)CC4)cc3)cc2)CC1. The van der Waals surface area contributed by atoms with E-state index in [0.717, 1.165) is 53.7 Å². The van der Waals surface area contributed by atoms with Gasteiger partial charge >= 0.3 is 0 Å². The maximum Gasteiger partial charge on any atom is 0.230 e. The van der Waals surface area contributed by atoms with E-state index in [2.05, 4.69) is 62.4 Å². The van der Waals surface area contributed by atoms with Crippen molar-refractivity contribution in [2.24, 2.45) is 17.3 Å². The number of anilines is 2. The Morgan fingerprint density at radius 3 is 1.34 bits per heavy atom. The summed E-state index contributed by atoms with van der Waals surface area (Å²) in [5.74, 6) is 1.17. The lowest BCUT2D eigenvalue weighted by Crippen LogP contribution is -2.57. The van der Waals surface area contributed by atoms with Crippen LogP contribution in [-0.4, -0.2) is 40.8 Å². The molecule has 6 N–H and O–H groups in total. The monoisotopic (exact) mass is 915 g/mol. The second-order valence-electron chi connectivity index (χ2n) is 20.4. The smallest absolute Gasteiger partial charge is 0.230 e. The van der Waals surface area contributed by atoms with Crippen LogP contribution in [0.15, 0.2) is 97.1 Å². The minimum Gasteiger partial charge on any atom is -0.494 e. The Hall–Kier alpha value is -4.66. The van der Waals surface area contributed by atoms with E-state index in [-0.39, 0.29) is 37.9 Å². The first-order valence-electron chi connectivity index (χ1n) is 26.1. The summed E-state index contributed by atoms with van der Waals surface area (Å²) in [7, 11) is 0. The van der Waals surface area contributed by atoms with E-state index >= 15 is 0 Å². The van der Waals surface area contributed by atoms with Crippen LogP contribution in [0, 0.1) is 17.3 Å². The van der Waals surface area contributed by atoms with Gasteiger partial charge < -0.3 is 31.2 Å². The van der Waals surface area contributed by atoms with E-state index in [9.17, 15) is 19.8 Å². The van der Waals surface area contributed by atoms with E-state index in [1.165, 1.54) is 88.2 Å². The zero-order valence-electron chi connectivity index (χ0n) is 40.9. The van der Waals surface area contributed by atoms with Crippen molar-refractivity contribution in [2.75, 3.05) is 24.7 Å². The molecule has 67 heavy (non-hydrogen) atoms. The molecule has 6 rings (SSSR count). The summed E-state index contributed by atoms with van der Waals surface area (Å²) < 4.78 is 12.2. The zero-order chi connectivity index (χ0) is 47.5. The average Bonchev–Trinajstić information content (AvgIpc) is 3.33. The van der Waals surface area contributed by atoms with E-state index in [1.54, 1.807) is 24.3 Å². The summed E-state index contributed by atoms with van der Waals surface area (Å²) in [4.78, 5) is 28.2. The molecule has 0 saturated heterocycles. The van der Waals surface area contributed by atoms with E-state index in [0.29, 0.717) is 55.7 Å². The summed E-state index contributed by atoms with van der Waals surface area (Å²) >= 11 is 0. The first-order chi connectivity index (χ1) is 32.5. The molecule has 0 aliphatic heterocycles. The zero-order valence-corrected chi connectivity index (χ0v) is 40.9. The highest BCUT2D eigenvalue weighted by molar-refractivity contribution is 5.88. The highest BCUT2D eigenvalue weighted by Crippen LogP contribution is 2.44. The van der Waals surface area contributed by atoms with E-state index < -0.39 is 17.0 Å². The van der Waals surface area contributed by atoms with Gasteiger partial charge in [0.25, 0.3) is 0 Å². The maximum absolute atomic E-state index is 14.1.